The summed E-state index contributed by atoms with van der Waals surface area (Å²) in [4.78, 5) is 2.26. The minimum Gasteiger partial charge on any atom is -0.359 e. The van der Waals surface area contributed by atoms with Gasteiger partial charge in [0.05, 0.1) is 5.56 Å². The van der Waals surface area contributed by atoms with Gasteiger partial charge in [0.2, 0.25) is 5.95 Å². The number of thiocarbonyl (C=S) groups is 1. The van der Waals surface area contributed by atoms with Gasteiger partial charge < -0.3 is 4.90 Å². The van der Waals surface area contributed by atoms with Gasteiger partial charge >= 0.3 is 0 Å². The Labute approximate surface area is 151 Å². The first-order chi connectivity index (χ1) is 12.0. The third-order valence-electron chi connectivity index (χ3n) is 6.34. The molecule has 1 heterocycles. The molecule has 3 fully saturated rings. The van der Waals surface area contributed by atoms with Crippen LogP contribution in [0.15, 0.2) is 0 Å². The summed E-state index contributed by atoms with van der Waals surface area (Å²) in [5.41, 5.74) is -0.693. The van der Waals surface area contributed by atoms with Crippen LogP contribution in [0.2, 0.25) is 0 Å². The summed E-state index contributed by atoms with van der Waals surface area (Å²) in [6.45, 7) is 0.779. The maximum atomic E-state index is 14.5. The van der Waals surface area contributed by atoms with Gasteiger partial charge in [-0.15, -0.1) is 0 Å². The Bertz CT molecular complexity index is 671. The van der Waals surface area contributed by atoms with Crippen LogP contribution in [0, 0.1) is 23.7 Å². The average Bonchev–Trinajstić information content (AvgIpc) is 3.05. The van der Waals surface area contributed by atoms with E-state index in [4.69, 9.17) is 12.2 Å². The van der Waals surface area contributed by atoms with Crippen molar-refractivity contribution in [2.24, 2.45) is 24.8 Å². The number of fused-ring (bicyclic) bond motifs is 1. The Morgan fingerprint density at radius 3 is 2.68 bits per heavy atom. The molecule has 3 aliphatic carbocycles. The van der Waals surface area contributed by atoms with E-state index >= 15 is 0 Å². The fourth-order valence-corrected chi connectivity index (χ4v) is 5.38. The summed E-state index contributed by atoms with van der Waals surface area (Å²) < 4.78 is 42.0. The molecule has 0 aliphatic heterocycles. The van der Waals surface area contributed by atoms with E-state index in [0.717, 1.165) is 35.9 Å². The number of alkyl halides is 2. The predicted octanol–water partition coefficient (Wildman–Crippen LogP) is 4.46. The highest BCUT2D eigenvalue weighted by Gasteiger charge is 2.43. The van der Waals surface area contributed by atoms with Crippen LogP contribution in [0.4, 0.5) is 13.2 Å². The van der Waals surface area contributed by atoms with E-state index in [1.165, 1.54) is 39.2 Å². The number of rotatable bonds is 5. The Morgan fingerprint density at radius 1 is 1.24 bits per heavy atom. The summed E-state index contributed by atoms with van der Waals surface area (Å²) in [6, 6.07) is 0.276. The number of hydrogen-bond donors (Lipinski definition) is 0. The molecule has 0 amide bonds. The van der Waals surface area contributed by atoms with Gasteiger partial charge in [-0.25, -0.2) is 13.5 Å². The van der Waals surface area contributed by atoms with Crippen LogP contribution >= 0.6 is 12.2 Å². The van der Waals surface area contributed by atoms with E-state index in [0.29, 0.717) is 5.92 Å². The number of halogens is 3. The molecule has 3 atom stereocenters. The molecule has 138 valence electrons. The van der Waals surface area contributed by atoms with E-state index in [1.54, 1.807) is 0 Å². The minimum atomic E-state index is -2.82. The van der Waals surface area contributed by atoms with Crippen molar-refractivity contribution in [2.45, 2.75) is 57.4 Å². The Kier molecular flexibility index (Phi) is 4.54. The minimum absolute atomic E-state index is 0.166. The van der Waals surface area contributed by atoms with Crippen molar-refractivity contribution >= 4 is 17.2 Å². The summed E-state index contributed by atoms with van der Waals surface area (Å²) in [5, 5.41) is 3.66. The van der Waals surface area contributed by atoms with Gasteiger partial charge in [-0.1, -0.05) is 25.1 Å². The summed E-state index contributed by atoms with van der Waals surface area (Å²) >= 11 is 5.52. The molecule has 0 bridgehead atoms. The quantitative estimate of drug-likeness (QED) is 0.713. The lowest BCUT2D eigenvalue weighted by molar-refractivity contribution is 0.145. The Morgan fingerprint density at radius 2 is 2.00 bits per heavy atom. The van der Waals surface area contributed by atoms with Crippen molar-refractivity contribution < 1.29 is 13.2 Å². The molecule has 7 heteroatoms. The maximum absolute atomic E-state index is 14.5. The molecule has 0 spiro atoms. The van der Waals surface area contributed by atoms with Gasteiger partial charge in [-0.05, 0) is 49.9 Å². The molecule has 1 aromatic rings. The smallest absolute Gasteiger partial charge is 0.282 e. The standard InChI is InChI=1S/C18H24F3N3S/c1-23-17(21)14(15(22-23)16(19)20)18(25)24(12-7-8-12)9-11-6-5-10-3-2-4-13(10)11/h10-13,16H,2-9H2,1H3. The van der Waals surface area contributed by atoms with Gasteiger partial charge in [-0.2, -0.15) is 9.49 Å². The lowest BCUT2D eigenvalue weighted by atomic mass is 9.91. The van der Waals surface area contributed by atoms with Crippen LogP contribution in [0.1, 0.15) is 62.6 Å². The summed E-state index contributed by atoms with van der Waals surface area (Å²) in [6.07, 6.45) is 5.52. The Balaban J connectivity index is 1.58. The third kappa shape index (κ3) is 3.09. The van der Waals surface area contributed by atoms with Crippen LogP contribution in [0.3, 0.4) is 0 Å². The first-order valence-electron chi connectivity index (χ1n) is 9.29. The molecule has 0 N–H and O–H groups in total. The first-order valence-corrected chi connectivity index (χ1v) is 9.69. The highest BCUT2D eigenvalue weighted by Crippen LogP contribution is 2.48. The van der Waals surface area contributed by atoms with Crippen molar-refractivity contribution in [2.75, 3.05) is 6.54 Å². The van der Waals surface area contributed by atoms with E-state index in [-0.39, 0.29) is 16.6 Å². The molecule has 0 aromatic carbocycles. The van der Waals surface area contributed by atoms with Gasteiger partial charge in [0.25, 0.3) is 6.43 Å². The van der Waals surface area contributed by atoms with Crippen molar-refractivity contribution in [3.63, 3.8) is 0 Å². The van der Waals surface area contributed by atoms with Crippen LogP contribution in [-0.4, -0.2) is 32.3 Å². The highest BCUT2D eigenvalue weighted by atomic mass is 32.1. The van der Waals surface area contributed by atoms with Gasteiger partial charge in [0, 0.05) is 19.6 Å². The monoisotopic (exact) mass is 371 g/mol. The molecule has 1 aromatic heterocycles. The molecule has 3 unspecified atom stereocenters. The molecule has 25 heavy (non-hydrogen) atoms. The van der Waals surface area contributed by atoms with Crippen molar-refractivity contribution in [1.29, 1.82) is 0 Å². The average molecular weight is 371 g/mol. The van der Waals surface area contributed by atoms with Gasteiger partial charge in [0.15, 0.2) is 0 Å². The van der Waals surface area contributed by atoms with Crippen molar-refractivity contribution in [3.05, 3.63) is 17.2 Å². The molecular weight excluding hydrogens is 347 g/mol. The number of nitrogens with zero attached hydrogens (tertiary/aromatic N) is 3. The largest absolute Gasteiger partial charge is 0.359 e. The molecule has 3 aliphatic rings. The fraction of sp³-hybridized carbons (Fsp3) is 0.778. The molecule has 0 radical (unpaired) electrons. The van der Waals surface area contributed by atoms with Crippen LogP contribution < -0.4 is 0 Å². The van der Waals surface area contributed by atoms with Crippen LogP contribution in [-0.2, 0) is 7.05 Å². The van der Waals surface area contributed by atoms with E-state index < -0.39 is 18.1 Å². The lowest BCUT2D eigenvalue weighted by Gasteiger charge is -2.30. The van der Waals surface area contributed by atoms with Crippen LogP contribution in [0.5, 0.6) is 0 Å². The number of aromatic nitrogens is 2. The number of hydrogen-bond acceptors (Lipinski definition) is 2. The van der Waals surface area contributed by atoms with E-state index in [1.807, 2.05) is 4.90 Å². The van der Waals surface area contributed by atoms with Gasteiger partial charge in [-0.3, -0.25) is 0 Å². The zero-order chi connectivity index (χ0) is 17.7. The second kappa shape index (κ2) is 6.56. The second-order valence-corrected chi connectivity index (χ2v) is 8.24. The normalized spacial score (nSPS) is 28.6. The zero-order valence-corrected chi connectivity index (χ0v) is 15.2. The maximum Gasteiger partial charge on any atom is 0.282 e. The van der Waals surface area contributed by atoms with Gasteiger partial charge in [0.1, 0.15) is 10.7 Å². The summed E-state index contributed by atoms with van der Waals surface area (Å²) in [7, 11) is 1.34. The zero-order valence-electron chi connectivity index (χ0n) is 14.4. The SMILES string of the molecule is Cn1nc(C(F)F)c(C(=S)N(CC2CCC3CCCC32)C2CC2)c1F. The highest BCUT2D eigenvalue weighted by molar-refractivity contribution is 7.80. The molecule has 3 saturated carbocycles. The van der Waals surface area contributed by atoms with E-state index in [9.17, 15) is 13.2 Å². The lowest BCUT2D eigenvalue weighted by Crippen LogP contribution is -2.38. The summed E-state index contributed by atoms with van der Waals surface area (Å²) in [5.74, 6) is 1.36. The molecule has 4 rings (SSSR count). The second-order valence-electron chi connectivity index (χ2n) is 7.86. The first kappa shape index (κ1) is 17.3. The Hall–Kier alpha value is -1.11. The number of aryl methyl sites for hydroxylation is 1. The molecular formula is C18H24F3N3S. The fourth-order valence-electron chi connectivity index (χ4n) is 4.97. The van der Waals surface area contributed by atoms with Crippen molar-refractivity contribution in [1.82, 2.24) is 14.7 Å². The molecule has 0 saturated heterocycles. The predicted molar refractivity (Wildman–Crippen MR) is 93.1 cm³/mol. The molecule has 3 nitrogen and oxygen atoms in total. The van der Waals surface area contributed by atoms with Crippen molar-refractivity contribution in [3.8, 4) is 0 Å². The topological polar surface area (TPSA) is 21.1 Å². The van der Waals surface area contributed by atoms with E-state index in [2.05, 4.69) is 5.10 Å². The third-order valence-corrected chi connectivity index (χ3v) is 6.77. The van der Waals surface area contributed by atoms with Crippen LogP contribution in [0.25, 0.3) is 0 Å².